The first-order chi connectivity index (χ1) is 9.08. The highest BCUT2D eigenvalue weighted by Crippen LogP contribution is 2.21. The number of amides is 1. The highest BCUT2D eigenvalue weighted by molar-refractivity contribution is 5.97. The van der Waals surface area contributed by atoms with E-state index in [1.54, 1.807) is 6.07 Å². The van der Waals surface area contributed by atoms with Crippen molar-refractivity contribution in [3.05, 3.63) is 29.3 Å². The highest BCUT2D eigenvalue weighted by atomic mass is 16.5. The predicted molar refractivity (Wildman–Crippen MR) is 76.1 cm³/mol. The van der Waals surface area contributed by atoms with E-state index in [2.05, 4.69) is 13.8 Å². The van der Waals surface area contributed by atoms with Crippen molar-refractivity contribution in [2.75, 3.05) is 32.0 Å². The van der Waals surface area contributed by atoms with Crippen LogP contribution in [0.2, 0.25) is 0 Å². The number of nitrogen functional groups attached to an aromatic ring is 1. The number of ether oxygens (including phenoxy) is 1. The van der Waals surface area contributed by atoms with Crippen molar-refractivity contribution < 1.29 is 9.53 Å². The third-order valence-corrected chi connectivity index (χ3v) is 3.26. The number of anilines is 1. The number of benzene rings is 1. The summed E-state index contributed by atoms with van der Waals surface area (Å²) in [5.41, 5.74) is 8.23. The van der Waals surface area contributed by atoms with E-state index in [4.69, 9.17) is 10.5 Å². The van der Waals surface area contributed by atoms with Crippen LogP contribution >= 0.6 is 0 Å². The average molecular weight is 262 g/mol. The molecule has 1 aromatic carbocycles. The number of nitrogens with zero attached hydrogens (tertiary/aromatic N) is 1. The van der Waals surface area contributed by atoms with Gasteiger partial charge in [0.1, 0.15) is 0 Å². The van der Waals surface area contributed by atoms with Crippen molar-refractivity contribution in [1.29, 1.82) is 0 Å². The van der Waals surface area contributed by atoms with Gasteiger partial charge in [-0.05, 0) is 30.0 Å². The van der Waals surface area contributed by atoms with E-state index in [-0.39, 0.29) is 5.91 Å². The zero-order valence-corrected chi connectivity index (χ0v) is 11.7. The molecule has 2 N–H and O–H groups in total. The second-order valence-electron chi connectivity index (χ2n) is 5.43. The van der Waals surface area contributed by atoms with E-state index in [1.165, 1.54) is 0 Å². The van der Waals surface area contributed by atoms with Crippen LogP contribution in [0.15, 0.2) is 18.2 Å². The van der Waals surface area contributed by atoms with Crippen LogP contribution in [0.1, 0.15) is 29.8 Å². The lowest BCUT2D eigenvalue weighted by Gasteiger charge is -2.28. The Morgan fingerprint density at radius 3 is 2.95 bits per heavy atom. The number of rotatable bonds is 5. The summed E-state index contributed by atoms with van der Waals surface area (Å²) in [7, 11) is 0. The molecule has 0 aromatic heterocycles. The van der Waals surface area contributed by atoms with Gasteiger partial charge in [0, 0.05) is 30.9 Å². The Morgan fingerprint density at radius 2 is 2.21 bits per heavy atom. The largest absolute Gasteiger partial charge is 0.399 e. The normalized spacial score (nSPS) is 14.9. The molecule has 19 heavy (non-hydrogen) atoms. The first-order valence-corrected chi connectivity index (χ1v) is 6.83. The monoisotopic (exact) mass is 262 g/mol. The van der Waals surface area contributed by atoms with Gasteiger partial charge < -0.3 is 15.4 Å². The lowest BCUT2D eigenvalue weighted by atomic mass is 9.98. The fraction of sp³-hybridized carbons (Fsp3) is 0.533. The van der Waals surface area contributed by atoms with Crippen molar-refractivity contribution in [1.82, 2.24) is 4.90 Å². The zero-order valence-electron chi connectivity index (χ0n) is 11.7. The van der Waals surface area contributed by atoms with Gasteiger partial charge in [-0.15, -0.1) is 0 Å². The summed E-state index contributed by atoms with van der Waals surface area (Å²) < 4.78 is 5.54. The molecule has 4 heteroatoms. The van der Waals surface area contributed by atoms with Crippen LogP contribution in [0, 0.1) is 5.92 Å². The Kier molecular flexibility index (Phi) is 4.43. The maximum Gasteiger partial charge on any atom is 0.254 e. The van der Waals surface area contributed by atoms with Gasteiger partial charge in [0.2, 0.25) is 0 Å². The van der Waals surface area contributed by atoms with Gasteiger partial charge in [-0.25, -0.2) is 0 Å². The molecule has 2 rings (SSSR count). The van der Waals surface area contributed by atoms with Crippen LogP contribution in [0.25, 0.3) is 0 Å². The van der Waals surface area contributed by atoms with E-state index in [0.717, 1.165) is 30.7 Å². The molecule has 1 aromatic rings. The predicted octanol–water partition coefficient (Wildman–Crippen LogP) is 1.94. The van der Waals surface area contributed by atoms with Crippen molar-refractivity contribution in [3.63, 3.8) is 0 Å². The molecule has 0 atom stereocenters. The van der Waals surface area contributed by atoms with Crippen LogP contribution in [0.4, 0.5) is 5.69 Å². The molecule has 0 unspecified atom stereocenters. The molecular formula is C15H22N2O2. The third kappa shape index (κ3) is 3.47. The topological polar surface area (TPSA) is 55.6 Å². The number of hydrogen-bond donors (Lipinski definition) is 1. The Labute approximate surface area is 114 Å². The van der Waals surface area contributed by atoms with E-state index in [9.17, 15) is 4.79 Å². The van der Waals surface area contributed by atoms with Crippen molar-refractivity contribution in [3.8, 4) is 0 Å². The Hall–Kier alpha value is -1.55. The molecular weight excluding hydrogens is 240 g/mol. The molecule has 0 bridgehead atoms. The molecule has 0 spiro atoms. The molecule has 104 valence electrons. The van der Waals surface area contributed by atoms with E-state index < -0.39 is 0 Å². The van der Waals surface area contributed by atoms with Crippen molar-refractivity contribution in [2.45, 2.75) is 20.3 Å². The summed E-state index contributed by atoms with van der Waals surface area (Å²) in [6.45, 7) is 6.99. The number of fused-ring (bicyclic) bond motifs is 1. The smallest absolute Gasteiger partial charge is 0.254 e. The Morgan fingerprint density at radius 1 is 1.42 bits per heavy atom. The molecule has 4 nitrogen and oxygen atoms in total. The quantitative estimate of drug-likeness (QED) is 0.651. The number of nitrogens with two attached hydrogens (primary N) is 1. The second kappa shape index (κ2) is 6.06. The summed E-state index contributed by atoms with van der Waals surface area (Å²) >= 11 is 0. The first kappa shape index (κ1) is 13.9. The number of hydrogen-bond acceptors (Lipinski definition) is 3. The minimum atomic E-state index is 0.0710. The molecule has 0 saturated carbocycles. The van der Waals surface area contributed by atoms with E-state index >= 15 is 0 Å². The van der Waals surface area contributed by atoms with Gasteiger partial charge in [-0.3, -0.25) is 4.79 Å². The van der Waals surface area contributed by atoms with Gasteiger partial charge in [0.25, 0.3) is 5.91 Å². The van der Waals surface area contributed by atoms with E-state index in [0.29, 0.717) is 24.8 Å². The SMILES string of the molecule is CC(C)COCCN1CCc2ccc(N)cc2C1=O. The minimum absolute atomic E-state index is 0.0710. The van der Waals surface area contributed by atoms with E-state index in [1.807, 2.05) is 17.0 Å². The summed E-state index contributed by atoms with van der Waals surface area (Å²) in [5, 5.41) is 0. The molecule has 0 fully saturated rings. The van der Waals surface area contributed by atoms with Gasteiger partial charge in [0.05, 0.1) is 6.61 Å². The third-order valence-electron chi connectivity index (χ3n) is 3.26. The van der Waals surface area contributed by atoms with Gasteiger partial charge in [0.15, 0.2) is 0 Å². The maximum absolute atomic E-state index is 12.3. The summed E-state index contributed by atoms with van der Waals surface area (Å²) in [5.74, 6) is 0.597. The van der Waals surface area contributed by atoms with Gasteiger partial charge >= 0.3 is 0 Å². The van der Waals surface area contributed by atoms with Gasteiger partial charge in [-0.2, -0.15) is 0 Å². The summed E-state index contributed by atoms with van der Waals surface area (Å²) in [6, 6.07) is 5.58. The molecule has 0 radical (unpaired) electrons. The highest BCUT2D eigenvalue weighted by Gasteiger charge is 2.23. The van der Waals surface area contributed by atoms with Crippen LogP contribution in [0.5, 0.6) is 0 Å². The Balaban J connectivity index is 1.93. The zero-order chi connectivity index (χ0) is 13.8. The number of carbonyl (C=O) groups excluding carboxylic acids is 1. The summed E-state index contributed by atoms with van der Waals surface area (Å²) in [6.07, 6.45) is 0.894. The first-order valence-electron chi connectivity index (χ1n) is 6.83. The van der Waals surface area contributed by atoms with Gasteiger partial charge in [-0.1, -0.05) is 19.9 Å². The second-order valence-corrected chi connectivity index (χ2v) is 5.43. The van der Waals surface area contributed by atoms with Crippen LogP contribution in [-0.2, 0) is 11.2 Å². The van der Waals surface area contributed by atoms with Crippen molar-refractivity contribution >= 4 is 11.6 Å². The molecule has 1 aliphatic rings. The Bertz CT molecular complexity index is 457. The van der Waals surface area contributed by atoms with Crippen LogP contribution in [-0.4, -0.2) is 37.1 Å². The molecule has 0 saturated heterocycles. The maximum atomic E-state index is 12.3. The fourth-order valence-corrected chi connectivity index (χ4v) is 2.25. The average Bonchev–Trinajstić information content (AvgIpc) is 2.37. The lowest BCUT2D eigenvalue weighted by molar-refractivity contribution is 0.0585. The van der Waals surface area contributed by atoms with Crippen LogP contribution < -0.4 is 5.73 Å². The summed E-state index contributed by atoms with van der Waals surface area (Å²) in [4.78, 5) is 14.2. The fourth-order valence-electron chi connectivity index (χ4n) is 2.25. The molecule has 0 aliphatic carbocycles. The van der Waals surface area contributed by atoms with Crippen molar-refractivity contribution in [2.24, 2.45) is 5.92 Å². The minimum Gasteiger partial charge on any atom is -0.399 e. The van der Waals surface area contributed by atoms with Crippen LogP contribution in [0.3, 0.4) is 0 Å². The molecule has 1 heterocycles. The number of carbonyl (C=O) groups is 1. The molecule has 1 amide bonds. The lowest BCUT2D eigenvalue weighted by Crippen LogP contribution is -2.39. The molecule has 1 aliphatic heterocycles. The standard InChI is InChI=1S/C15H22N2O2/c1-11(2)10-19-8-7-17-6-5-12-3-4-13(16)9-14(12)15(17)18/h3-4,9,11H,5-8,10,16H2,1-2H3.